The predicted octanol–water partition coefficient (Wildman–Crippen LogP) is 3.08. The fourth-order valence-corrected chi connectivity index (χ4v) is 1.76. The number of hydrogen-bond acceptors (Lipinski definition) is 3. The molecule has 0 spiro atoms. The molecule has 1 aromatic heterocycles. The van der Waals surface area contributed by atoms with Gasteiger partial charge in [0.2, 0.25) is 0 Å². The average Bonchev–Trinajstić information content (AvgIpc) is 2.73. The molecule has 0 bridgehead atoms. The Morgan fingerprint density at radius 3 is 2.62 bits per heavy atom. The second-order valence-corrected chi connectivity index (χ2v) is 3.65. The predicted molar refractivity (Wildman–Crippen MR) is 63.9 cm³/mol. The molecule has 3 heteroatoms. The Morgan fingerprint density at radius 1 is 1.00 bits per heavy atom. The molecule has 0 saturated heterocycles. The van der Waals surface area contributed by atoms with Crippen molar-refractivity contribution in [2.75, 3.05) is 5.73 Å². The van der Waals surface area contributed by atoms with Crippen LogP contribution in [0.1, 0.15) is 0 Å². The standard InChI is InChI=1S/C13H10N2O/c14-10-6-7-11-12(8-10)15-16-13(11)9-4-2-1-3-5-9/h1-8H,14H2. The van der Waals surface area contributed by atoms with Gasteiger partial charge in [0.1, 0.15) is 5.52 Å². The quantitative estimate of drug-likeness (QED) is 0.628. The molecule has 0 saturated carbocycles. The van der Waals surface area contributed by atoms with Gasteiger partial charge in [-0.05, 0) is 18.2 Å². The van der Waals surface area contributed by atoms with Crippen LogP contribution in [0, 0.1) is 0 Å². The first-order chi connectivity index (χ1) is 7.84. The Balaban J connectivity index is 2.26. The van der Waals surface area contributed by atoms with Crippen molar-refractivity contribution in [2.45, 2.75) is 0 Å². The van der Waals surface area contributed by atoms with E-state index in [9.17, 15) is 0 Å². The molecule has 16 heavy (non-hydrogen) atoms. The summed E-state index contributed by atoms with van der Waals surface area (Å²) in [5, 5.41) is 4.99. The van der Waals surface area contributed by atoms with E-state index in [0.29, 0.717) is 5.69 Å². The highest BCUT2D eigenvalue weighted by Crippen LogP contribution is 2.29. The molecule has 78 valence electrons. The lowest BCUT2D eigenvalue weighted by molar-refractivity contribution is 0.441. The molecule has 1 heterocycles. The van der Waals surface area contributed by atoms with Gasteiger partial charge in [-0.15, -0.1) is 0 Å². The molecule has 0 radical (unpaired) electrons. The van der Waals surface area contributed by atoms with Crippen molar-refractivity contribution >= 4 is 16.6 Å². The number of nitrogen functional groups attached to an aromatic ring is 1. The zero-order valence-corrected chi connectivity index (χ0v) is 8.55. The second kappa shape index (κ2) is 3.38. The highest BCUT2D eigenvalue weighted by atomic mass is 16.5. The maximum Gasteiger partial charge on any atom is 0.174 e. The van der Waals surface area contributed by atoms with Gasteiger partial charge in [0.15, 0.2) is 5.76 Å². The van der Waals surface area contributed by atoms with Crippen molar-refractivity contribution in [3.63, 3.8) is 0 Å². The molecule has 0 aliphatic rings. The summed E-state index contributed by atoms with van der Waals surface area (Å²) in [5.41, 5.74) is 8.20. The van der Waals surface area contributed by atoms with Crippen LogP contribution < -0.4 is 5.73 Å². The van der Waals surface area contributed by atoms with Gasteiger partial charge in [0.05, 0.1) is 0 Å². The van der Waals surface area contributed by atoms with Crippen molar-refractivity contribution in [1.29, 1.82) is 0 Å². The summed E-state index contributed by atoms with van der Waals surface area (Å²) in [4.78, 5) is 0. The van der Waals surface area contributed by atoms with E-state index in [1.165, 1.54) is 0 Å². The molecule has 0 fully saturated rings. The van der Waals surface area contributed by atoms with Crippen molar-refractivity contribution in [1.82, 2.24) is 5.16 Å². The first-order valence-electron chi connectivity index (χ1n) is 5.05. The summed E-state index contributed by atoms with van der Waals surface area (Å²) >= 11 is 0. The number of benzene rings is 2. The Morgan fingerprint density at radius 2 is 1.81 bits per heavy atom. The minimum atomic E-state index is 0.695. The zero-order valence-electron chi connectivity index (χ0n) is 8.55. The molecular formula is C13H10N2O. The Labute approximate surface area is 92.5 Å². The Hall–Kier alpha value is -2.29. The molecule has 2 N–H and O–H groups in total. The lowest BCUT2D eigenvalue weighted by Gasteiger charge is -1.95. The van der Waals surface area contributed by atoms with Gasteiger partial charge in [0.25, 0.3) is 0 Å². The topological polar surface area (TPSA) is 52.0 Å². The number of hydrogen-bond donors (Lipinski definition) is 1. The van der Waals surface area contributed by atoms with Crippen molar-refractivity contribution in [3.05, 3.63) is 48.5 Å². The third-order valence-corrected chi connectivity index (χ3v) is 2.54. The number of aromatic nitrogens is 1. The lowest BCUT2D eigenvalue weighted by Crippen LogP contribution is -1.82. The second-order valence-electron chi connectivity index (χ2n) is 3.65. The van der Waals surface area contributed by atoms with Gasteiger partial charge in [-0.25, -0.2) is 0 Å². The third-order valence-electron chi connectivity index (χ3n) is 2.54. The van der Waals surface area contributed by atoms with Gasteiger partial charge < -0.3 is 10.3 Å². The Kier molecular flexibility index (Phi) is 1.90. The minimum Gasteiger partial charge on any atom is -0.399 e. The van der Waals surface area contributed by atoms with Gasteiger partial charge >= 0.3 is 0 Å². The van der Waals surface area contributed by atoms with Crippen molar-refractivity contribution < 1.29 is 4.52 Å². The number of fused-ring (bicyclic) bond motifs is 1. The highest BCUT2D eigenvalue weighted by molar-refractivity contribution is 5.92. The molecule has 3 rings (SSSR count). The summed E-state index contributed by atoms with van der Waals surface area (Å²) in [5.74, 6) is 0.788. The fraction of sp³-hybridized carbons (Fsp3) is 0. The average molecular weight is 210 g/mol. The summed E-state index contributed by atoms with van der Waals surface area (Å²) in [7, 11) is 0. The third kappa shape index (κ3) is 1.34. The molecule has 0 atom stereocenters. The molecule has 3 nitrogen and oxygen atoms in total. The maximum atomic E-state index is 5.69. The van der Waals surface area contributed by atoms with Crippen LogP contribution >= 0.6 is 0 Å². The monoisotopic (exact) mass is 210 g/mol. The SMILES string of the molecule is Nc1ccc2c(-c3ccccc3)onc2c1. The summed E-state index contributed by atoms with van der Waals surface area (Å²) < 4.78 is 5.35. The smallest absolute Gasteiger partial charge is 0.174 e. The van der Waals surface area contributed by atoms with Gasteiger partial charge in [-0.1, -0.05) is 35.5 Å². The molecule has 0 unspecified atom stereocenters. The molecule has 0 aliphatic carbocycles. The van der Waals surface area contributed by atoms with Crippen LogP contribution in [-0.2, 0) is 0 Å². The van der Waals surface area contributed by atoms with Crippen LogP contribution in [0.25, 0.3) is 22.2 Å². The van der Waals surface area contributed by atoms with Crippen LogP contribution in [0.15, 0.2) is 53.1 Å². The lowest BCUT2D eigenvalue weighted by atomic mass is 10.1. The first-order valence-corrected chi connectivity index (χ1v) is 5.05. The van der Waals surface area contributed by atoms with Crippen LogP contribution in [-0.4, -0.2) is 5.16 Å². The van der Waals surface area contributed by atoms with Crippen LogP contribution in [0.3, 0.4) is 0 Å². The number of anilines is 1. The van der Waals surface area contributed by atoms with E-state index in [-0.39, 0.29) is 0 Å². The van der Waals surface area contributed by atoms with E-state index < -0.39 is 0 Å². The summed E-state index contributed by atoms with van der Waals surface area (Å²) in [6.07, 6.45) is 0. The molecule has 2 aromatic carbocycles. The van der Waals surface area contributed by atoms with Crippen LogP contribution in [0.2, 0.25) is 0 Å². The maximum absolute atomic E-state index is 5.69. The summed E-state index contributed by atoms with van der Waals surface area (Å²) in [6.45, 7) is 0. The number of rotatable bonds is 1. The molecule has 0 amide bonds. The minimum absolute atomic E-state index is 0.695. The number of nitrogens with two attached hydrogens (primary N) is 1. The van der Waals surface area contributed by atoms with Gasteiger partial charge in [-0.3, -0.25) is 0 Å². The zero-order chi connectivity index (χ0) is 11.0. The van der Waals surface area contributed by atoms with E-state index in [1.807, 2.05) is 48.5 Å². The van der Waals surface area contributed by atoms with E-state index in [0.717, 1.165) is 22.2 Å². The normalized spacial score (nSPS) is 10.8. The first kappa shape index (κ1) is 8.97. The van der Waals surface area contributed by atoms with E-state index in [4.69, 9.17) is 10.3 Å². The van der Waals surface area contributed by atoms with E-state index in [1.54, 1.807) is 0 Å². The fourth-order valence-electron chi connectivity index (χ4n) is 1.76. The van der Waals surface area contributed by atoms with Gasteiger partial charge in [0, 0.05) is 16.6 Å². The molecule has 0 aliphatic heterocycles. The van der Waals surface area contributed by atoms with E-state index >= 15 is 0 Å². The highest BCUT2D eigenvalue weighted by Gasteiger charge is 2.09. The molecule has 3 aromatic rings. The largest absolute Gasteiger partial charge is 0.399 e. The van der Waals surface area contributed by atoms with Crippen LogP contribution in [0.5, 0.6) is 0 Å². The summed E-state index contributed by atoms with van der Waals surface area (Å²) in [6, 6.07) is 15.5. The van der Waals surface area contributed by atoms with Crippen molar-refractivity contribution in [3.8, 4) is 11.3 Å². The van der Waals surface area contributed by atoms with Crippen LogP contribution in [0.4, 0.5) is 5.69 Å². The van der Waals surface area contributed by atoms with Gasteiger partial charge in [-0.2, -0.15) is 0 Å². The number of nitrogens with zero attached hydrogens (tertiary/aromatic N) is 1. The van der Waals surface area contributed by atoms with Crippen molar-refractivity contribution in [2.24, 2.45) is 0 Å². The van der Waals surface area contributed by atoms with E-state index in [2.05, 4.69) is 5.16 Å². The molecular weight excluding hydrogens is 200 g/mol. The Bertz CT molecular complexity index is 629.